The molecule has 0 unspecified atom stereocenters. The summed E-state index contributed by atoms with van der Waals surface area (Å²) in [5, 5.41) is 0. The van der Waals surface area contributed by atoms with E-state index in [1.165, 1.54) is 0 Å². The quantitative estimate of drug-likeness (QED) is 0.424. The lowest BCUT2D eigenvalue weighted by atomic mass is 10.3. The molecule has 0 aliphatic carbocycles. The fourth-order valence-corrected chi connectivity index (χ4v) is 1.38. The van der Waals surface area contributed by atoms with Crippen LogP contribution in [-0.4, -0.2) is 50.4 Å². The molecule has 3 heteroatoms. The van der Waals surface area contributed by atoms with Crippen molar-refractivity contribution in [2.45, 2.75) is 5.85 Å². The van der Waals surface area contributed by atoms with E-state index < -0.39 is 0 Å². The zero-order chi connectivity index (χ0) is 8.48. The smallest absolute Gasteiger partial charge is 0.199 e. The van der Waals surface area contributed by atoms with Gasteiger partial charge in [-0.1, -0.05) is 6.08 Å². The van der Waals surface area contributed by atoms with Gasteiger partial charge in [-0.2, -0.15) is 0 Å². The highest BCUT2D eigenvalue weighted by Crippen LogP contribution is 2.23. The first-order valence-corrected chi connectivity index (χ1v) is 3.76. The van der Waals surface area contributed by atoms with Gasteiger partial charge in [-0.25, -0.2) is 0 Å². The number of hydrogen-bond acceptors (Lipinski definition) is 3. The fraction of sp³-hybridized carbons (Fsp3) is 0.750. The molecule has 0 saturated heterocycles. The Bertz CT molecular complexity index is 155. The summed E-state index contributed by atoms with van der Waals surface area (Å²) in [5.41, 5.74) is 0. The van der Waals surface area contributed by atoms with Gasteiger partial charge >= 0.3 is 0 Å². The van der Waals surface area contributed by atoms with E-state index >= 15 is 0 Å². The van der Waals surface area contributed by atoms with Gasteiger partial charge < -0.3 is 4.74 Å². The van der Waals surface area contributed by atoms with Crippen LogP contribution in [0.5, 0.6) is 0 Å². The van der Waals surface area contributed by atoms with E-state index in [-0.39, 0.29) is 5.85 Å². The maximum atomic E-state index is 5.60. The molecule has 0 radical (unpaired) electrons. The molecule has 0 fully saturated rings. The minimum atomic E-state index is -0.319. The molecular weight excluding hydrogens is 140 g/mol. The number of ether oxygens (including phenoxy) is 1. The van der Waals surface area contributed by atoms with Crippen LogP contribution >= 0.6 is 0 Å². The number of likely N-dealkylation sites (N-methyl/N-ethyl adjacent to an activating group) is 2. The molecule has 0 atom stereocenters. The minimum Gasteiger partial charge on any atom is -0.339 e. The monoisotopic (exact) mass is 156 g/mol. The van der Waals surface area contributed by atoms with Gasteiger partial charge in [-0.3, -0.25) is 9.80 Å². The van der Waals surface area contributed by atoms with E-state index in [2.05, 4.69) is 15.9 Å². The Hall–Kier alpha value is -0.380. The molecule has 1 aliphatic rings. The summed E-state index contributed by atoms with van der Waals surface area (Å²) in [6.07, 6.45) is 4.12. The molecule has 0 aromatic rings. The lowest BCUT2D eigenvalue weighted by Gasteiger charge is -2.39. The molecule has 11 heavy (non-hydrogen) atoms. The van der Waals surface area contributed by atoms with Crippen LogP contribution in [0.1, 0.15) is 0 Å². The van der Waals surface area contributed by atoms with Gasteiger partial charge in [-0.15, -0.1) is 0 Å². The van der Waals surface area contributed by atoms with Gasteiger partial charge in [0.15, 0.2) is 5.85 Å². The summed E-state index contributed by atoms with van der Waals surface area (Å²) in [4.78, 5) is 4.10. The summed E-state index contributed by atoms with van der Waals surface area (Å²) in [6, 6.07) is 0. The highest BCUT2D eigenvalue weighted by molar-refractivity contribution is 5.04. The zero-order valence-electron chi connectivity index (χ0n) is 7.66. The van der Waals surface area contributed by atoms with Crippen molar-refractivity contribution < 1.29 is 4.74 Å². The Kier molecular flexibility index (Phi) is 2.32. The zero-order valence-corrected chi connectivity index (χ0v) is 7.66. The van der Waals surface area contributed by atoms with Crippen LogP contribution in [0.3, 0.4) is 0 Å². The van der Waals surface area contributed by atoms with E-state index in [0.29, 0.717) is 6.61 Å². The molecule has 1 aliphatic heterocycles. The van der Waals surface area contributed by atoms with Gasteiger partial charge in [0.1, 0.15) is 0 Å². The van der Waals surface area contributed by atoms with Gasteiger partial charge in [0.05, 0.1) is 6.61 Å². The Morgan fingerprint density at radius 3 is 1.91 bits per heavy atom. The van der Waals surface area contributed by atoms with Crippen LogP contribution in [-0.2, 0) is 4.74 Å². The highest BCUT2D eigenvalue weighted by atomic mass is 16.5. The van der Waals surface area contributed by atoms with Crippen molar-refractivity contribution in [3.63, 3.8) is 0 Å². The van der Waals surface area contributed by atoms with Crippen molar-refractivity contribution in [1.82, 2.24) is 9.80 Å². The molecule has 0 saturated carbocycles. The van der Waals surface area contributed by atoms with E-state index in [1.54, 1.807) is 0 Å². The molecule has 0 spiro atoms. The minimum absolute atomic E-state index is 0.319. The summed E-state index contributed by atoms with van der Waals surface area (Å²) >= 11 is 0. The Balaban J connectivity index is 2.80. The molecule has 0 amide bonds. The maximum absolute atomic E-state index is 5.60. The fourth-order valence-electron chi connectivity index (χ4n) is 1.38. The third-order valence-electron chi connectivity index (χ3n) is 2.01. The average Bonchev–Trinajstić information content (AvgIpc) is 2.34. The second-order valence-corrected chi connectivity index (χ2v) is 3.16. The SMILES string of the molecule is CN(C)C1(N(C)C)C=CCO1. The predicted molar refractivity (Wildman–Crippen MR) is 45.2 cm³/mol. The van der Waals surface area contributed by atoms with Crippen LogP contribution < -0.4 is 0 Å². The lowest BCUT2D eigenvalue weighted by Crippen LogP contribution is -2.54. The third kappa shape index (κ3) is 1.31. The van der Waals surface area contributed by atoms with Crippen molar-refractivity contribution in [3.8, 4) is 0 Å². The van der Waals surface area contributed by atoms with Crippen molar-refractivity contribution in [2.75, 3.05) is 34.8 Å². The predicted octanol–water partition coefficient (Wildman–Crippen LogP) is 0.350. The first-order chi connectivity index (χ1) is 5.09. The van der Waals surface area contributed by atoms with Crippen LogP contribution in [0, 0.1) is 0 Å². The molecule has 0 aromatic carbocycles. The molecule has 3 nitrogen and oxygen atoms in total. The normalized spacial score (nSPS) is 22.0. The first kappa shape index (κ1) is 8.71. The van der Waals surface area contributed by atoms with E-state index in [9.17, 15) is 0 Å². The van der Waals surface area contributed by atoms with E-state index in [1.807, 2.05) is 34.3 Å². The van der Waals surface area contributed by atoms with Crippen LogP contribution in [0.4, 0.5) is 0 Å². The lowest BCUT2D eigenvalue weighted by molar-refractivity contribution is -0.165. The molecule has 1 heterocycles. The van der Waals surface area contributed by atoms with Gasteiger partial charge in [0, 0.05) is 0 Å². The number of rotatable bonds is 2. The molecule has 0 aromatic heterocycles. The second-order valence-electron chi connectivity index (χ2n) is 3.16. The van der Waals surface area contributed by atoms with Gasteiger partial charge in [0.25, 0.3) is 0 Å². The Morgan fingerprint density at radius 2 is 1.73 bits per heavy atom. The molecule has 1 rings (SSSR count). The van der Waals surface area contributed by atoms with Crippen molar-refractivity contribution in [3.05, 3.63) is 12.2 Å². The second kappa shape index (κ2) is 2.93. The number of nitrogens with zero attached hydrogens (tertiary/aromatic N) is 2. The summed E-state index contributed by atoms with van der Waals surface area (Å²) in [6.45, 7) is 0.705. The van der Waals surface area contributed by atoms with Crippen molar-refractivity contribution in [1.29, 1.82) is 0 Å². The summed E-state index contributed by atoms with van der Waals surface area (Å²) in [7, 11) is 8.04. The summed E-state index contributed by atoms with van der Waals surface area (Å²) in [5.74, 6) is -0.319. The average molecular weight is 156 g/mol. The maximum Gasteiger partial charge on any atom is 0.199 e. The molecule has 0 N–H and O–H groups in total. The standard InChI is InChI=1S/C8H16N2O/c1-9(2)8(10(3)4)6-5-7-11-8/h5-6H,7H2,1-4H3. The van der Waals surface area contributed by atoms with Crippen molar-refractivity contribution in [2.24, 2.45) is 0 Å². The third-order valence-corrected chi connectivity index (χ3v) is 2.01. The van der Waals surface area contributed by atoms with Crippen LogP contribution in [0.15, 0.2) is 12.2 Å². The van der Waals surface area contributed by atoms with Crippen LogP contribution in [0.25, 0.3) is 0 Å². The van der Waals surface area contributed by atoms with E-state index in [4.69, 9.17) is 4.74 Å². The molecular formula is C8H16N2O. The molecule has 64 valence electrons. The number of hydrogen-bond donors (Lipinski definition) is 0. The first-order valence-electron chi connectivity index (χ1n) is 3.76. The Morgan fingerprint density at radius 1 is 1.18 bits per heavy atom. The highest BCUT2D eigenvalue weighted by Gasteiger charge is 2.35. The van der Waals surface area contributed by atoms with Crippen molar-refractivity contribution >= 4 is 0 Å². The largest absolute Gasteiger partial charge is 0.339 e. The van der Waals surface area contributed by atoms with Crippen LogP contribution in [0.2, 0.25) is 0 Å². The Labute approximate surface area is 68.2 Å². The summed E-state index contributed by atoms with van der Waals surface area (Å²) < 4.78 is 5.60. The molecule has 0 bridgehead atoms. The van der Waals surface area contributed by atoms with E-state index in [0.717, 1.165) is 0 Å². The topological polar surface area (TPSA) is 15.7 Å². The van der Waals surface area contributed by atoms with Gasteiger partial charge in [-0.05, 0) is 34.3 Å². The van der Waals surface area contributed by atoms with Gasteiger partial charge in [0.2, 0.25) is 0 Å².